The number of fused-ring (bicyclic) bond motifs is 1. The topological polar surface area (TPSA) is 44.9 Å². The van der Waals surface area contributed by atoms with Gasteiger partial charge in [-0.15, -0.1) is 0 Å². The minimum atomic E-state index is -4.35. The Morgan fingerprint density at radius 3 is 2.29 bits per heavy atom. The van der Waals surface area contributed by atoms with E-state index >= 15 is 0 Å². The third kappa shape index (κ3) is 4.70. The molecule has 6 heteroatoms. The maximum atomic E-state index is 13.4. The molecule has 0 radical (unpaired) electrons. The smallest absolute Gasteiger partial charge is 0.360 e. The van der Waals surface area contributed by atoms with Gasteiger partial charge in [-0.05, 0) is 35.7 Å². The Morgan fingerprint density at radius 1 is 0.903 bits per heavy atom. The van der Waals surface area contributed by atoms with Crippen LogP contribution >= 0.6 is 0 Å². The van der Waals surface area contributed by atoms with Crippen molar-refractivity contribution in [3.05, 3.63) is 107 Å². The predicted molar refractivity (Wildman–Crippen MR) is 115 cm³/mol. The van der Waals surface area contributed by atoms with E-state index in [1.807, 2.05) is 54.6 Å². The number of hydrogen-bond acceptors (Lipinski definition) is 2. The van der Waals surface area contributed by atoms with Gasteiger partial charge in [0.25, 0.3) is 0 Å². The minimum absolute atomic E-state index is 0.0592. The molecular weight excluding hydrogens is 401 g/mol. The van der Waals surface area contributed by atoms with Crippen molar-refractivity contribution in [1.29, 1.82) is 0 Å². The van der Waals surface area contributed by atoms with Crippen LogP contribution in [-0.2, 0) is 12.6 Å². The number of aromatic amines is 1. The van der Waals surface area contributed by atoms with Gasteiger partial charge in [-0.3, -0.25) is 4.79 Å². The van der Waals surface area contributed by atoms with Gasteiger partial charge in [-0.25, -0.2) is 0 Å². The lowest BCUT2D eigenvalue weighted by Crippen LogP contribution is -2.30. The van der Waals surface area contributed by atoms with Gasteiger partial charge in [0.15, 0.2) is 5.78 Å². The Morgan fingerprint density at radius 2 is 1.58 bits per heavy atom. The van der Waals surface area contributed by atoms with Gasteiger partial charge >= 0.3 is 6.18 Å². The van der Waals surface area contributed by atoms with E-state index in [1.165, 1.54) is 12.1 Å². The highest BCUT2D eigenvalue weighted by molar-refractivity contribution is 6.10. The van der Waals surface area contributed by atoms with Crippen LogP contribution in [0.15, 0.2) is 85.1 Å². The average molecular weight is 422 g/mol. The van der Waals surface area contributed by atoms with E-state index < -0.39 is 17.8 Å². The molecule has 1 atom stereocenters. The van der Waals surface area contributed by atoms with E-state index in [0.29, 0.717) is 18.5 Å². The number of para-hydroxylation sites is 1. The number of alkyl halides is 3. The number of Topliss-reactive ketones (excluding diaryl/α,β-unsaturated/α-hetero) is 1. The number of aromatic nitrogens is 1. The molecule has 3 nitrogen and oxygen atoms in total. The SMILES string of the molecule is O=C(c1c[nH]c2ccccc12)[C@H](NCCc1ccc(C(F)(F)F)cc1)c1ccccc1. The fourth-order valence-electron chi connectivity index (χ4n) is 3.66. The van der Waals surface area contributed by atoms with Crippen LogP contribution in [0.2, 0.25) is 0 Å². The summed E-state index contributed by atoms with van der Waals surface area (Å²) in [6.07, 6.45) is -2.12. The molecule has 3 aromatic carbocycles. The van der Waals surface area contributed by atoms with Gasteiger partial charge in [0, 0.05) is 29.2 Å². The zero-order chi connectivity index (χ0) is 21.8. The molecule has 0 aliphatic heterocycles. The van der Waals surface area contributed by atoms with E-state index in [9.17, 15) is 18.0 Å². The molecule has 2 N–H and O–H groups in total. The van der Waals surface area contributed by atoms with E-state index in [2.05, 4.69) is 10.3 Å². The summed E-state index contributed by atoms with van der Waals surface area (Å²) in [5, 5.41) is 4.16. The van der Waals surface area contributed by atoms with Gasteiger partial charge in [-0.1, -0.05) is 60.7 Å². The summed E-state index contributed by atoms with van der Waals surface area (Å²) < 4.78 is 38.2. The lowest BCUT2D eigenvalue weighted by molar-refractivity contribution is -0.137. The van der Waals surface area contributed by atoms with Crippen LogP contribution in [0.3, 0.4) is 0 Å². The third-order valence-corrected chi connectivity index (χ3v) is 5.29. The zero-order valence-corrected chi connectivity index (χ0v) is 16.6. The third-order valence-electron chi connectivity index (χ3n) is 5.29. The van der Waals surface area contributed by atoms with Crippen molar-refractivity contribution in [3.63, 3.8) is 0 Å². The summed E-state index contributed by atoms with van der Waals surface area (Å²) in [7, 11) is 0. The Hall–Kier alpha value is -3.38. The second-order valence-corrected chi connectivity index (χ2v) is 7.35. The predicted octanol–water partition coefficient (Wildman–Crippen LogP) is 5.94. The lowest BCUT2D eigenvalue weighted by Gasteiger charge is -2.18. The Balaban J connectivity index is 1.52. The normalized spacial score (nSPS) is 12.7. The number of H-pyrrole nitrogens is 1. The second kappa shape index (κ2) is 8.78. The van der Waals surface area contributed by atoms with Gasteiger partial charge in [-0.2, -0.15) is 13.2 Å². The van der Waals surface area contributed by atoms with Crippen LogP contribution in [0.1, 0.15) is 33.1 Å². The Kier molecular flexibility index (Phi) is 5.91. The zero-order valence-electron chi connectivity index (χ0n) is 16.6. The Labute approximate surface area is 177 Å². The molecule has 0 bridgehead atoms. The van der Waals surface area contributed by atoms with Gasteiger partial charge in [0.2, 0.25) is 0 Å². The van der Waals surface area contributed by atoms with Crippen LogP contribution in [0.25, 0.3) is 10.9 Å². The molecule has 31 heavy (non-hydrogen) atoms. The molecule has 4 aromatic rings. The van der Waals surface area contributed by atoms with Gasteiger partial charge in [0.05, 0.1) is 11.6 Å². The molecule has 0 amide bonds. The second-order valence-electron chi connectivity index (χ2n) is 7.35. The van der Waals surface area contributed by atoms with Gasteiger partial charge in [0.1, 0.15) is 0 Å². The molecule has 0 saturated heterocycles. The lowest BCUT2D eigenvalue weighted by atomic mass is 9.96. The monoisotopic (exact) mass is 422 g/mol. The summed E-state index contributed by atoms with van der Waals surface area (Å²) in [5.74, 6) is -0.0592. The van der Waals surface area contributed by atoms with Crippen molar-refractivity contribution in [3.8, 4) is 0 Å². The summed E-state index contributed by atoms with van der Waals surface area (Å²) in [4.78, 5) is 16.5. The van der Waals surface area contributed by atoms with Crippen LogP contribution < -0.4 is 5.32 Å². The summed E-state index contributed by atoms with van der Waals surface area (Å²) in [5.41, 5.74) is 2.44. The summed E-state index contributed by atoms with van der Waals surface area (Å²) in [6.45, 7) is 0.443. The highest BCUT2D eigenvalue weighted by Gasteiger charge is 2.30. The standard InChI is InChI=1S/C25H21F3N2O/c26-25(27,28)19-12-10-17(11-13-19)14-15-29-23(18-6-2-1-3-7-18)24(31)21-16-30-22-9-5-4-8-20(21)22/h1-13,16,23,29-30H,14-15H2/t23-/m1/s1. The molecule has 158 valence electrons. The first-order valence-electron chi connectivity index (χ1n) is 9.98. The highest BCUT2D eigenvalue weighted by Crippen LogP contribution is 2.29. The summed E-state index contributed by atoms with van der Waals surface area (Å²) >= 11 is 0. The number of hydrogen-bond donors (Lipinski definition) is 2. The van der Waals surface area contributed by atoms with Crippen LogP contribution in [0, 0.1) is 0 Å². The first-order valence-corrected chi connectivity index (χ1v) is 9.98. The van der Waals surface area contributed by atoms with E-state index in [-0.39, 0.29) is 5.78 Å². The molecule has 0 aliphatic rings. The number of ketones is 1. The maximum Gasteiger partial charge on any atom is 0.416 e. The largest absolute Gasteiger partial charge is 0.416 e. The summed E-state index contributed by atoms with van der Waals surface area (Å²) in [6, 6.07) is 21.6. The molecule has 0 fully saturated rings. The Bertz CT molecular complexity index is 1160. The number of halogens is 3. The molecular formula is C25H21F3N2O. The van der Waals surface area contributed by atoms with Crippen LogP contribution in [0.5, 0.6) is 0 Å². The molecule has 1 aromatic heterocycles. The van der Waals surface area contributed by atoms with Crippen molar-refractivity contribution in [2.75, 3.05) is 6.54 Å². The molecule has 1 heterocycles. The van der Waals surface area contributed by atoms with Crippen molar-refractivity contribution in [1.82, 2.24) is 10.3 Å². The molecule has 0 unspecified atom stereocenters. The van der Waals surface area contributed by atoms with E-state index in [0.717, 1.165) is 34.2 Å². The van der Waals surface area contributed by atoms with Crippen LogP contribution in [0.4, 0.5) is 13.2 Å². The fraction of sp³-hybridized carbons (Fsp3) is 0.160. The van der Waals surface area contributed by atoms with Crippen molar-refractivity contribution in [2.24, 2.45) is 0 Å². The quantitative estimate of drug-likeness (QED) is 0.362. The minimum Gasteiger partial charge on any atom is -0.360 e. The van der Waals surface area contributed by atoms with E-state index in [1.54, 1.807) is 6.20 Å². The number of carbonyl (C=O) groups excluding carboxylic acids is 1. The average Bonchev–Trinajstić information content (AvgIpc) is 3.21. The molecule has 0 spiro atoms. The molecule has 0 saturated carbocycles. The first kappa shape index (κ1) is 20.9. The van der Waals surface area contributed by atoms with E-state index in [4.69, 9.17) is 0 Å². The van der Waals surface area contributed by atoms with Crippen molar-refractivity contribution < 1.29 is 18.0 Å². The first-order chi connectivity index (χ1) is 14.9. The van der Waals surface area contributed by atoms with Crippen LogP contribution in [-0.4, -0.2) is 17.3 Å². The number of nitrogens with one attached hydrogen (secondary N) is 2. The van der Waals surface area contributed by atoms with Crippen molar-refractivity contribution >= 4 is 16.7 Å². The number of rotatable bonds is 7. The number of benzene rings is 3. The fourth-order valence-corrected chi connectivity index (χ4v) is 3.66. The molecule has 0 aliphatic carbocycles. The highest BCUT2D eigenvalue weighted by atomic mass is 19.4. The maximum absolute atomic E-state index is 13.4. The number of carbonyl (C=O) groups is 1. The van der Waals surface area contributed by atoms with Gasteiger partial charge < -0.3 is 10.3 Å². The molecule has 4 rings (SSSR count). The van der Waals surface area contributed by atoms with Crippen molar-refractivity contribution in [2.45, 2.75) is 18.6 Å².